The van der Waals surface area contributed by atoms with Gasteiger partial charge < -0.3 is 9.84 Å². The molecular weight excluding hydrogens is 211 g/mol. The number of ether oxygens (including phenoxy) is 1. The van der Waals surface area contributed by atoms with Gasteiger partial charge in [0.15, 0.2) is 5.75 Å². The number of rotatable bonds is 1. The van der Waals surface area contributed by atoms with Crippen molar-refractivity contribution in [2.75, 3.05) is 6.61 Å². The topological polar surface area (TPSA) is 46.5 Å². The molecule has 0 spiro atoms. The zero-order chi connectivity index (χ0) is 11.5. The zero-order valence-electron chi connectivity index (χ0n) is 8.78. The van der Waals surface area contributed by atoms with Gasteiger partial charge in [-0.15, -0.1) is 0 Å². The summed E-state index contributed by atoms with van der Waals surface area (Å²) in [5.74, 6) is -0.947. The van der Waals surface area contributed by atoms with E-state index < -0.39 is 17.0 Å². The van der Waals surface area contributed by atoms with E-state index in [1.54, 1.807) is 0 Å². The minimum absolute atomic E-state index is 0.257. The van der Waals surface area contributed by atoms with Crippen LogP contribution in [0.5, 0.6) is 5.75 Å². The smallest absolute Gasteiger partial charge is 0.220 e. The van der Waals surface area contributed by atoms with Gasteiger partial charge in [0.1, 0.15) is 5.82 Å². The summed E-state index contributed by atoms with van der Waals surface area (Å²) in [5.41, 5.74) is -0.319. The summed E-state index contributed by atoms with van der Waals surface area (Å²) >= 11 is 0. The first-order valence-electron chi connectivity index (χ1n) is 5.33. The molecule has 16 heavy (non-hydrogen) atoms. The second kappa shape index (κ2) is 4.61. The van der Waals surface area contributed by atoms with E-state index in [9.17, 15) is 14.3 Å². The Kier molecular flexibility index (Phi) is 3.19. The third-order valence-electron chi connectivity index (χ3n) is 2.72. The molecule has 4 heteroatoms. The highest BCUT2D eigenvalue weighted by molar-refractivity contribution is 5.33. The summed E-state index contributed by atoms with van der Waals surface area (Å²) in [7, 11) is 0. The van der Waals surface area contributed by atoms with Crippen molar-refractivity contribution >= 4 is 0 Å². The Bertz CT molecular complexity index is 439. The standard InChI is InChI=1S/C12H13FO3/c13-8-4-5-10(14)12(15)9(7-8)11-3-1-2-6-16-11/h4-5,7,11H,1-3,6H2,(H,14,15)/t11-/m0/s1. The summed E-state index contributed by atoms with van der Waals surface area (Å²) < 4.78 is 18.6. The summed E-state index contributed by atoms with van der Waals surface area (Å²) in [6.07, 6.45) is 2.25. The zero-order valence-corrected chi connectivity index (χ0v) is 8.78. The number of hydrogen-bond donors (Lipinski definition) is 1. The Balaban J connectivity index is 2.46. The fourth-order valence-electron chi connectivity index (χ4n) is 1.87. The lowest BCUT2D eigenvalue weighted by Crippen LogP contribution is -2.12. The number of hydrogen-bond acceptors (Lipinski definition) is 3. The molecule has 0 amide bonds. The van der Waals surface area contributed by atoms with Crippen LogP contribution in [0.15, 0.2) is 23.0 Å². The summed E-state index contributed by atoms with van der Waals surface area (Å²) in [5, 5.41) is 9.68. The Hall–Kier alpha value is -1.42. The molecule has 3 nitrogen and oxygen atoms in total. The monoisotopic (exact) mass is 224 g/mol. The lowest BCUT2D eigenvalue weighted by atomic mass is 10.0. The van der Waals surface area contributed by atoms with Gasteiger partial charge in [0.25, 0.3) is 0 Å². The predicted molar refractivity (Wildman–Crippen MR) is 56.9 cm³/mol. The van der Waals surface area contributed by atoms with Crippen molar-refractivity contribution in [3.63, 3.8) is 0 Å². The van der Waals surface area contributed by atoms with Crippen LogP contribution in [0.2, 0.25) is 0 Å². The van der Waals surface area contributed by atoms with Crippen molar-refractivity contribution in [1.82, 2.24) is 0 Å². The lowest BCUT2D eigenvalue weighted by molar-refractivity contribution is 0.0135. The van der Waals surface area contributed by atoms with Crippen molar-refractivity contribution < 1.29 is 14.2 Å². The molecule has 86 valence electrons. The van der Waals surface area contributed by atoms with E-state index in [1.165, 1.54) is 6.07 Å². The van der Waals surface area contributed by atoms with Gasteiger partial charge in [0.2, 0.25) is 5.43 Å². The molecule has 1 N–H and O–H groups in total. The Morgan fingerprint density at radius 3 is 2.88 bits per heavy atom. The molecule has 1 aromatic rings. The van der Waals surface area contributed by atoms with Crippen LogP contribution in [-0.4, -0.2) is 11.7 Å². The molecule has 1 saturated heterocycles. The molecule has 2 rings (SSSR count). The van der Waals surface area contributed by atoms with E-state index in [4.69, 9.17) is 4.74 Å². The van der Waals surface area contributed by atoms with Gasteiger partial charge in [-0.1, -0.05) is 0 Å². The lowest BCUT2D eigenvalue weighted by Gasteiger charge is -2.22. The first-order valence-corrected chi connectivity index (χ1v) is 5.33. The first kappa shape index (κ1) is 11.1. The van der Waals surface area contributed by atoms with Gasteiger partial charge in [-0.3, -0.25) is 4.79 Å². The largest absolute Gasteiger partial charge is 0.504 e. The van der Waals surface area contributed by atoms with Crippen LogP contribution in [0.25, 0.3) is 0 Å². The van der Waals surface area contributed by atoms with Gasteiger partial charge >= 0.3 is 0 Å². The number of aromatic hydroxyl groups is 1. The maximum atomic E-state index is 13.2. The number of halogens is 1. The molecular formula is C12H13FO3. The maximum Gasteiger partial charge on any atom is 0.220 e. The normalized spacial score (nSPS) is 20.7. The van der Waals surface area contributed by atoms with Gasteiger partial charge in [-0.05, 0) is 37.5 Å². The van der Waals surface area contributed by atoms with Gasteiger partial charge in [0.05, 0.1) is 6.10 Å². The fraction of sp³-hybridized carbons (Fsp3) is 0.417. The van der Waals surface area contributed by atoms with Crippen molar-refractivity contribution in [2.24, 2.45) is 0 Å². The average molecular weight is 224 g/mol. The molecule has 1 heterocycles. The third-order valence-corrected chi connectivity index (χ3v) is 2.72. The van der Waals surface area contributed by atoms with Crippen LogP contribution >= 0.6 is 0 Å². The summed E-state index contributed by atoms with van der Waals surface area (Å²) in [6, 6.07) is 3.25. The van der Waals surface area contributed by atoms with E-state index >= 15 is 0 Å². The maximum absolute atomic E-state index is 13.2. The molecule has 0 radical (unpaired) electrons. The quantitative estimate of drug-likeness (QED) is 0.794. The molecule has 1 fully saturated rings. The van der Waals surface area contributed by atoms with Crippen LogP contribution in [0.4, 0.5) is 4.39 Å². The van der Waals surface area contributed by atoms with Gasteiger partial charge in [-0.25, -0.2) is 4.39 Å². The molecule has 0 bridgehead atoms. The molecule has 1 aliphatic heterocycles. The molecule has 1 atom stereocenters. The Morgan fingerprint density at radius 1 is 1.38 bits per heavy atom. The van der Waals surface area contributed by atoms with E-state index in [-0.39, 0.29) is 11.7 Å². The van der Waals surface area contributed by atoms with Crippen molar-refractivity contribution in [2.45, 2.75) is 25.4 Å². The minimum atomic E-state index is -0.576. The Morgan fingerprint density at radius 2 is 2.19 bits per heavy atom. The SMILES string of the molecule is O=c1ccc(F)cc([C@@H]2CCCCO2)c1O. The molecule has 0 unspecified atom stereocenters. The highest BCUT2D eigenvalue weighted by atomic mass is 19.1. The highest BCUT2D eigenvalue weighted by Crippen LogP contribution is 2.31. The van der Waals surface area contributed by atoms with Crippen LogP contribution in [-0.2, 0) is 4.74 Å². The highest BCUT2D eigenvalue weighted by Gasteiger charge is 2.20. The average Bonchev–Trinajstić information content (AvgIpc) is 2.44. The summed E-state index contributed by atoms with van der Waals surface area (Å²) in [4.78, 5) is 11.4. The van der Waals surface area contributed by atoms with E-state index in [0.29, 0.717) is 13.0 Å². The third kappa shape index (κ3) is 2.22. The Labute approximate surface area is 92.5 Å². The molecule has 1 aromatic carbocycles. The molecule has 0 aromatic heterocycles. The van der Waals surface area contributed by atoms with Crippen LogP contribution < -0.4 is 5.43 Å². The second-order valence-electron chi connectivity index (χ2n) is 3.89. The fourth-order valence-corrected chi connectivity index (χ4v) is 1.87. The van der Waals surface area contributed by atoms with Crippen LogP contribution in [0, 0.1) is 5.82 Å². The minimum Gasteiger partial charge on any atom is -0.504 e. The van der Waals surface area contributed by atoms with Crippen molar-refractivity contribution in [3.8, 4) is 5.75 Å². The van der Waals surface area contributed by atoms with Crippen molar-refractivity contribution in [3.05, 3.63) is 39.8 Å². The molecule has 0 saturated carbocycles. The first-order chi connectivity index (χ1) is 7.68. The predicted octanol–water partition coefficient (Wildman–Crippen LogP) is 2.13. The van der Waals surface area contributed by atoms with Gasteiger partial charge in [0, 0.05) is 12.2 Å². The second-order valence-corrected chi connectivity index (χ2v) is 3.89. The molecule has 1 aliphatic rings. The van der Waals surface area contributed by atoms with Gasteiger partial charge in [-0.2, -0.15) is 0 Å². The summed E-state index contributed by atoms with van der Waals surface area (Å²) in [6.45, 7) is 0.582. The molecule has 0 aliphatic carbocycles. The van der Waals surface area contributed by atoms with Crippen LogP contribution in [0.3, 0.4) is 0 Å². The van der Waals surface area contributed by atoms with E-state index in [2.05, 4.69) is 0 Å². The van der Waals surface area contributed by atoms with Crippen molar-refractivity contribution in [1.29, 1.82) is 0 Å². The van der Waals surface area contributed by atoms with Crippen LogP contribution in [0.1, 0.15) is 30.9 Å². The van der Waals surface area contributed by atoms with E-state index in [0.717, 1.165) is 25.0 Å². The van der Waals surface area contributed by atoms with E-state index in [1.807, 2.05) is 0 Å².